The van der Waals surface area contributed by atoms with Gasteiger partial charge < -0.3 is 20.1 Å². The van der Waals surface area contributed by atoms with Crippen molar-refractivity contribution >= 4 is 50.6 Å². The fourth-order valence-electron chi connectivity index (χ4n) is 4.95. The number of rotatable bonds is 8. The van der Waals surface area contributed by atoms with Gasteiger partial charge in [-0.15, -0.1) is 11.3 Å². The van der Waals surface area contributed by atoms with Crippen molar-refractivity contribution in [2.24, 2.45) is 5.92 Å². The Hall–Kier alpha value is -4.66. The van der Waals surface area contributed by atoms with E-state index in [1.54, 1.807) is 13.0 Å². The number of alkyl halides is 6. The number of amides is 2. The zero-order chi connectivity index (χ0) is 33.6. The summed E-state index contributed by atoms with van der Waals surface area (Å²) < 4.78 is 104. The fraction of sp³-hybridized carbons (Fsp3) is 0.258. The summed E-state index contributed by atoms with van der Waals surface area (Å²) >= 11 is 0.562. The summed E-state index contributed by atoms with van der Waals surface area (Å²) in [6, 6.07) is 9.02. The molecule has 15 heteroatoms. The van der Waals surface area contributed by atoms with Crippen molar-refractivity contribution in [3.05, 3.63) is 87.5 Å². The van der Waals surface area contributed by atoms with E-state index >= 15 is 0 Å². The molecule has 2 amide bonds. The van der Waals surface area contributed by atoms with Crippen LogP contribution in [0.5, 0.6) is 5.75 Å². The Labute approximate surface area is 260 Å². The van der Waals surface area contributed by atoms with Crippen LogP contribution in [0.4, 0.5) is 42.1 Å². The second-order valence-electron chi connectivity index (χ2n) is 10.3. The maximum atomic E-state index is 13.8. The summed E-state index contributed by atoms with van der Waals surface area (Å²) in [6.07, 6.45) is -9.31. The summed E-state index contributed by atoms with van der Waals surface area (Å²) in [5.74, 6) is -4.34. The molecule has 46 heavy (non-hydrogen) atoms. The molecule has 5 rings (SSSR count). The molecule has 2 atom stereocenters. The molecule has 1 aliphatic carbocycles. The zero-order valence-electron chi connectivity index (χ0n) is 23.9. The number of benzene rings is 3. The normalized spacial score (nSPS) is 16.2. The molecule has 2 N–H and O–H groups in total. The first-order valence-electron chi connectivity index (χ1n) is 13.6. The molecule has 1 aromatic heterocycles. The van der Waals surface area contributed by atoms with E-state index in [9.17, 15) is 45.1 Å². The van der Waals surface area contributed by atoms with Crippen LogP contribution in [0.15, 0.2) is 54.6 Å². The molecule has 0 bridgehead atoms. The van der Waals surface area contributed by atoms with Gasteiger partial charge in [-0.1, -0.05) is 12.1 Å². The lowest BCUT2D eigenvalue weighted by Gasteiger charge is -2.13. The molecule has 1 heterocycles. The summed E-state index contributed by atoms with van der Waals surface area (Å²) in [5.41, 5.74) is -2.71. The molecule has 3 aromatic carbocycles. The number of esters is 1. The van der Waals surface area contributed by atoms with Gasteiger partial charge in [-0.3, -0.25) is 14.4 Å². The molecule has 1 saturated carbocycles. The number of carbonyl (C=O) groups excluding carboxylic acids is 3. The number of methoxy groups -OCH3 is 1. The molecule has 1 fully saturated rings. The average molecular weight is 669 g/mol. The number of anilines is 2. The maximum absolute atomic E-state index is 13.8. The standard InChI is InChI=1S/C31H23F7N2O5S/c1-3-45-29(43)19-13-18(19)14-4-9-23(44-2)20(10-14)27(41)40-25-17-7-5-15(30(33,34)35)11-24(17)46-26(25)28(42)39-16-6-8-22(32)21(12-16)31(36,37)38/h4-12,18-19H,3,13H2,1-2H3,(H,39,42)(H,40,41). The van der Waals surface area contributed by atoms with Crippen LogP contribution >= 0.6 is 11.3 Å². The first-order valence-corrected chi connectivity index (χ1v) is 14.4. The third-order valence-electron chi connectivity index (χ3n) is 7.27. The molecular weight excluding hydrogens is 645 g/mol. The van der Waals surface area contributed by atoms with Crippen LogP contribution < -0.4 is 15.4 Å². The highest BCUT2D eigenvalue weighted by molar-refractivity contribution is 7.21. The Balaban J connectivity index is 1.52. The number of hydrogen-bond donors (Lipinski definition) is 2. The van der Waals surface area contributed by atoms with Gasteiger partial charge in [0.05, 0.1) is 42.0 Å². The van der Waals surface area contributed by atoms with E-state index in [0.29, 0.717) is 35.5 Å². The minimum Gasteiger partial charge on any atom is -0.496 e. The van der Waals surface area contributed by atoms with Crippen molar-refractivity contribution < 1.29 is 54.6 Å². The second kappa shape index (κ2) is 12.3. The van der Waals surface area contributed by atoms with Crippen LogP contribution in [0, 0.1) is 11.7 Å². The molecule has 7 nitrogen and oxygen atoms in total. The van der Waals surface area contributed by atoms with Crippen molar-refractivity contribution in [1.82, 2.24) is 0 Å². The number of halogens is 7. The van der Waals surface area contributed by atoms with Crippen LogP contribution in [0.3, 0.4) is 0 Å². The quantitative estimate of drug-likeness (QED) is 0.146. The van der Waals surface area contributed by atoms with E-state index < -0.39 is 52.7 Å². The second-order valence-corrected chi connectivity index (χ2v) is 11.3. The highest BCUT2D eigenvalue weighted by atomic mass is 32.1. The van der Waals surface area contributed by atoms with Crippen LogP contribution in [0.1, 0.15) is 56.0 Å². The van der Waals surface area contributed by atoms with E-state index in [2.05, 4.69) is 10.6 Å². The van der Waals surface area contributed by atoms with Crippen LogP contribution in [-0.2, 0) is 21.9 Å². The monoisotopic (exact) mass is 668 g/mol. The molecule has 0 spiro atoms. The third-order valence-corrected chi connectivity index (χ3v) is 8.42. The number of ether oxygens (including phenoxy) is 2. The van der Waals surface area contributed by atoms with E-state index in [0.717, 1.165) is 24.3 Å². The lowest BCUT2D eigenvalue weighted by molar-refractivity contribution is -0.145. The van der Waals surface area contributed by atoms with Gasteiger partial charge in [0.15, 0.2) is 0 Å². The van der Waals surface area contributed by atoms with Gasteiger partial charge in [0.2, 0.25) is 0 Å². The Bertz CT molecular complexity index is 1850. The Morgan fingerprint density at radius 1 is 0.913 bits per heavy atom. The maximum Gasteiger partial charge on any atom is 0.419 e. The molecule has 1 aliphatic rings. The van der Waals surface area contributed by atoms with E-state index in [-0.39, 0.29) is 50.5 Å². The van der Waals surface area contributed by atoms with Gasteiger partial charge >= 0.3 is 18.3 Å². The van der Waals surface area contributed by atoms with Gasteiger partial charge in [-0.05, 0) is 67.3 Å². The molecule has 2 unspecified atom stereocenters. The highest BCUT2D eigenvalue weighted by Crippen LogP contribution is 2.49. The number of carbonyl (C=O) groups is 3. The van der Waals surface area contributed by atoms with Gasteiger partial charge in [-0.25, -0.2) is 4.39 Å². The topological polar surface area (TPSA) is 93.7 Å². The first kappa shape index (κ1) is 32.7. The Morgan fingerprint density at radius 3 is 2.30 bits per heavy atom. The predicted octanol–water partition coefficient (Wildman–Crippen LogP) is 8.26. The van der Waals surface area contributed by atoms with E-state index in [1.165, 1.54) is 19.2 Å². The van der Waals surface area contributed by atoms with Gasteiger partial charge in [0.1, 0.15) is 16.4 Å². The number of fused-ring (bicyclic) bond motifs is 1. The molecular formula is C31H23F7N2O5S. The van der Waals surface area contributed by atoms with Crippen LogP contribution in [-0.4, -0.2) is 31.5 Å². The summed E-state index contributed by atoms with van der Waals surface area (Å²) in [4.78, 5) is 38.8. The lowest BCUT2D eigenvalue weighted by Crippen LogP contribution is -2.18. The minimum atomic E-state index is -5.07. The lowest BCUT2D eigenvalue weighted by atomic mass is 10.0. The fourth-order valence-corrected chi connectivity index (χ4v) is 6.05. The molecule has 4 aromatic rings. The van der Waals surface area contributed by atoms with E-state index in [1.807, 2.05) is 0 Å². The molecule has 242 valence electrons. The SMILES string of the molecule is CCOC(=O)C1CC1c1ccc(OC)c(C(=O)Nc2c(C(=O)Nc3ccc(F)c(C(F)(F)F)c3)sc3cc(C(F)(F)F)ccc23)c1. The third kappa shape index (κ3) is 6.64. The summed E-state index contributed by atoms with van der Waals surface area (Å²) in [7, 11) is 1.31. The highest BCUT2D eigenvalue weighted by Gasteiger charge is 2.45. The van der Waals surface area contributed by atoms with Gasteiger partial charge in [0.25, 0.3) is 11.8 Å². The summed E-state index contributed by atoms with van der Waals surface area (Å²) in [6.45, 7) is 1.88. The number of hydrogen-bond acceptors (Lipinski definition) is 6. The van der Waals surface area contributed by atoms with Gasteiger partial charge in [0, 0.05) is 15.8 Å². The molecule has 0 aliphatic heterocycles. The van der Waals surface area contributed by atoms with Crippen molar-refractivity contribution in [1.29, 1.82) is 0 Å². The number of thiophene rings is 1. The van der Waals surface area contributed by atoms with Crippen molar-refractivity contribution in [3.63, 3.8) is 0 Å². The average Bonchev–Trinajstić information content (AvgIpc) is 3.72. The Kier molecular flexibility index (Phi) is 8.73. The summed E-state index contributed by atoms with van der Waals surface area (Å²) in [5, 5.41) is 4.80. The predicted molar refractivity (Wildman–Crippen MR) is 155 cm³/mol. The molecule has 0 radical (unpaired) electrons. The van der Waals surface area contributed by atoms with Crippen molar-refractivity contribution in [2.45, 2.75) is 31.6 Å². The van der Waals surface area contributed by atoms with E-state index in [4.69, 9.17) is 9.47 Å². The first-order chi connectivity index (χ1) is 21.6. The van der Waals surface area contributed by atoms with Gasteiger partial charge in [-0.2, -0.15) is 26.3 Å². The molecule has 0 saturated heterocycles. The van der Waals surface area contributed by atoms with Crippen LogP contribution in [0.25, 0.3) is 10.1 Å². The van der Waals surface area contributed by atoms with Crippen molar-refractivity contribution in [3.8, 4) is 5.75 Å². The van der Waals surface area contributed by atoms with Crippen LogP contribution in [0.2, 0.25) is 0 Å². The van der Waals surface area contributed by atoms with Crippen molar-refractivity contribution in [2.75, 3.05) is 24.4 Å². The number of nitrogens with one attached hydrogen (secondary N) is 2. The smallest absolute Gasteiger partial charge is 0.419 e. The minimum absolute atomic E-state index is 0.0134. The zero-order valence-corrected chi connectivity index (χ0v) is 24.7. The Morgan fingerprint density at radius 2 is 1.65 bits per heavy atom. The largest absolute Gasteiger partial charge is 0.496 e.